The van der Waals surface area contributed by atoms with Crippen molar-refractivity contribution in [2.45, 2.75) is 69.9 Å². The van der Waals surface area contributed by atoms with E-state index >= 15 is 0 Å². The van der Waals surface area contributed by atoms with Crippen LogP contribution >= 0.6 is 24.0 Å². The highest BCUT2D eigenvalue weighted by atomic mass is 127. The van der Waals surface area contributed by atoms with Crippen molar-refractivity contribution in [1.29, 1.82) is 5.26 Å². The highest BCUT2D eigenvalue weighted by molar-refractivity contribution is 14.0. The molecule has 1 heterocycles. The molecule has 5 nitrogen and oxygen atoms in total. The highest BCUT2D eigenvalue weighted by Crippen LogP contribution is 2.25. The van der Waals surface area contributed by atoms with Crippen molar-refractivity contribution in [3.63, 3.8) is 0 Å². The van der Waals surface area contributed by atoms with Gasteiger partial charge in [0.2, 0.25) is 0 Å². The third-order valence-electron chi connectivity index (χ3n) is 5.16. The summed E-state index contributed by atoms with van der Waals surface area (Å²) in [5.41, 5.74) is 0. The van der Waals surface area contributed by atoms with Gasteiger partial charge >= 0.3 is 0 Å². The summed E-state index contributed by atoms with van der Waals surface area (Å²) in [5.74, 6) is 1.94. The third-order valence-corrected chi connectivity index (χ3v) is 5.16. The number of rotatable bonds is 5. The molecule has 0 radical (unpaired) electrons. The lowest BCUT2D eigenvalue weighted by Gasteiger charge is -2.27. The maximum atomic E-state index is 9.31. The summed E-state index contributed by atoms with van der Waals surface area (Å²) in [7, 11) is 0. The van der Waals surface area contributed by atoms with Gasteiger partial charge in [-0.1, -0.05) is 19.3 Å². The number of hydrogen-bond acceptors (Lipinski definition) is 3. The molecular weight excluding hydrogens is 427 g/mol. The fourth-order valence-corrected chi connectivity index (χ4v) is 3.77. The van der Waals surface area contributed by atoms with Crippen LogP contribution in [-0.2, 0) is 6.42 Å². The Labute approximate surface area is 167 Å². The zero-order chi connectivity index (χ0) is 16.6. The van der Waals surface area contributed by atoms with Gasteiger partial charge in [0.25, 0.3) is 0 Å². The molecule has 138 valence electrons. The Morgan fingerprint density at radius 3 is 2.72 bits per heavy atom. The van der Waals surface area contributed by atoms with Crippen molar-refractivity contribution in [2.24, 2.45) is 10.9 Å². The molecule has 1 aromatic heterocycles. The van der Waals surface area contributed by atoms with Gasteiger partial charge < -0.3 is 15.1 Å². The number of furan rings is 1. The molecule has 0 saturated heterocycles. The first-order valence-electron chi connectivity index (χ1n) is 9.34. The molecule has 2 fully saturated rings. The summed E-state index contributed by atoms with van der Waals surface area (Å²) < 4.78 is 5.38. The van der Waals surface area contributed by atoms with Gasteiger partial charge in [-0.3, -0.25) is 4.99 Å². The number of aliphatic imine (C=N–C) groups is 1. The van der Waals surface area contributed by atoms with E-state index in [1.54, 1.807) is 6.26 Å². The smallest absolute Gasteiger partial charge is 0.191 e. The average molecular weight is 456 g/mol. The highest BCUT2D eigenvalue weighted by Gasteiger charge is 2.28. The van der Waals surface area contributed by atoms with Crippen LogP contribution in [0.2, 0.25) is 0 Å². The molecule has 1 aromatic rings. The van der Waals surface area contributed by atoms with E-state index in [0.717, 1.165) is 37.4 Å². The van der Waals surface area contributed by atoms with E-state index < -0.39 is 0 Å². The van der Waals surface area contributed by atoms with Crippen molar-refractivity contribution in [2.75, 3.05) is 6.54 Å². The molecule has 0 bridgehead atoms. The van der Waals surface area contributed by atoms with E-state index in [-0.39, 0.29) is 35.9 Å². The molecule has 2 unspecified atom stereocenters. The van der Waals surface area contributed by atoms with Gasteiger partial charge in [0, 0.05) is 25.0 Å². The summed E-state index contributed by atoms with van der Waals surface area (Å²) >= 11 is 0. The van der Waals surface area contributed by atoms with E-state index in [1.165, 1.54) is 32.1 Å². The molecule has 2 aliphatic rings. The molecular formula is C19H29IN4O. The monoisotopic (exact) mass is 456 g/mol. The van der Waals surface area contributed by atoms with Crippen LogP contribution in [0.3, 0.4) is 0 Å². The maximum Gasteiger partial charge on any atom is 0.191 e. The van der Waals surface area contributed by atoms with Crippen molar-refractivity contribution < 1.29 is 4.42 Å². The summed E-state index contributed by atoms with van der Waals surface area (Å²) in [4.78, 5) is 4.75. The van der Waals surface area contributed by atoms with Gasteiger partial charge in [0.15, 0.2) is 5.96 Å². The minimum atomic E-state index is 0. The quantitative estimate of drug-likeness (QED) is 0.399. The van der Waals surface area contributed by atoms with E-state index in [9.17, 15) is 5.26 Å². The Balaban J connectivity index is 0.00000225. The summed E-state index contributed by atoms with van der Waals surface area (Å²) in [5, 5.41) is 16.4. The number of nitrogens with one attached hydrogen (secondary N) is 2. The van der Waals surface area contributed by atoms with Crippen LogP contribution in [-0.4, -0.2) is 24.6 Å². The Kier molecular flexibility index (Phi) is 8.59. The van der Waals surface area contributed by atoms with Crippen LogP contribution < -0.4 is 10.6 Å². The standard InChI is InChI=1S/C19H28N4O.HI/c20-14-15-6-4-10-18(15)23-19(22-16-7-2-1-3-8-16)21-12-11-17-9-5-13-24-17;/h5,9,13,15-16,18H,1-4,6-8,10-12H2,(H2,21,22,23);1H. The number of guanidine groups is 1. The van der Waals surface area contributed by atoms with Gasteiger partial charge in [-0.25, -0.2) is 0 Å². The number of nitriles is 1. The van der Waals surface area contributed by atoms with E-state index in [2.05, 4.69) is 16.7 Å². The molecule has 0 aliphatic heterocycles. The van der Waals surface area contributed by atoms with Crippen molar-refractivity contribution in [3.05, 3.63) is 24.2 Å². The van der Waals surface area contributed by atoms with Crippen LogP contribution in [0, 0.1) is 17.2 Å². The molecule has 2 N–H and O–H groups in total. The topological polar surface area (TPSA) is 73.3 Å². The van der Waals surface area contributed by atoms with Crippen LogP contribution in [0.15, 0.2) is 27.8 Å². The van der Waals surface area contributed by atoms with E-state index in [4.69, 9.17) is 9.41 Å². The first-order valence-corrected chi connectivity index (χ1v) is 9.34. The van der Waals surface area contributed by atoms with Crippen LogP contribution in [0.4, 0.5) is 0 Å². The molecule has 2 atom stereocenters. The molecule has 6 heteroatoms. The molecule has 25 heavy (non-hydrogen) atoms. The molecule has 0 amide bonds. The summed E-state index contributed by atoms with van der Waals surface area (Å²) in [6.45, 7) is 0.694. The van der Waals surface area contributed by atoms with Crippen molar-refractivity contribution >= 4 is 29.9 Å². The minimum absolute atomic E-state index is 0. The first kappa shape index (κ1) is 20.1. The number of nitrogens with zero attached hydrogens (tertiary/aromatic N) is 2. The Morgan fingerprint density at radius 2 is 2.00 bits per heavy atom. The molecule has 0 spiro atoms. The predicted molar refractivity (Wildman–Crippen MR) is 110 cm³/mol. The zero-order valence-electron chi connectivity index (χ0n) is 14.7. The van der Waals surface area contributed by atoms with Crippen molar-refractivity contribution in [1.82, 2.24) is 10.6 Å². The predicted octanol–water partition coefficient (Wildman–Crippen LogP) is 4.00. The SMILES string of the molecule is I.N#CC1CCCC1NC(=NCCc1ccco1)NC1CCCCC1. The van der Waals surface area contributed by atoms with E-state index in [0.29, 0.717) is 12.6 Å². The van der Waals surface area contributed by atoms with Crippen LogP contribution in [0.25, 0.3) is 0 Å². The van der Waals surface area contributed by atoms with Gasteiger partial charge in [-0.15, -0.1) is 24.0 Å². The Hall–Kier alpha value is -1.23. The van der Waals surface area contributed by atoms with E-state index in [1.807, 2.05) is 12.1 Å². The second-order valence-corrected chi connectivity index (χ2v) is 6.96. The Bertz CT molecular complexity index is 560. The van der Waals surface area contributed by atoms with Crippen molar-refractivity contribution in [3.8, 4) is 6.07 Å². The average Bonchev–Trinajstić information content (AvgIpc) is 3.27. The number of halogens is 1. The fraction of sp³-hybridized carbons (Fsp3) is 0.684. The van der Waals surface area contributed by atoms with Gasteiger partial charge in [0.1, 0.15) is 5.76 Å². The molecule has 0 aromatic carbocycles. The fourth-order valence-electron chi connectivity index (χ4n) is 3.77. The van der Waals surface area contributed by atoms with Crippen LogP contribution in [0.5, 0.6) is 0 Å². The third kappa shape index (κ3) is 6.21. The molecule has 2 aliphatic carbocycles. The first-order chi connectivity index (χ1) is 11.8. The minimum Gasteiger partial charge on any atom is -0.469 e. The van der Waals surface area contributed by atoms with Crippen LogP contribution in [0.1, 0.15) is 57.1 Å². The van der Waals surface area contributed by atoms with Gasteiger partial charge in [-0.2, -0.15) is 5.26 Å². The maximum absolute atomic E-state index is 9.31. The lowest BCUT2D eigenvalue weighted by Crippen LogP contribution is -2.49. The van der Waals surface area contributed by atoms with Gasteiger partial charge in [0.05, 0.1) is 18.3 Å². The lowest BCUT2D eigenvalue weighted by atomic mass is 9.96. The summed E-state index contributed by atoms with van der Waals surface area (Å²) in [6, 6.07) is 7.08. The summed E-state index contributed by atoms with van der Waals surface area (Å²) in [6.07, 6.45) is 12.0. The number of hydrogen-bond donors (Lipinski definition) is 2. The second-order valence-electron chi connectivity index (χ2n) is 6.96. The lowest BCUT2D eigenvalue weighted by molar-refractivity contribution is 0.405. The molecule has 3 rings (SSSR count). The normalized spacial score (nSPS) is 24.4. The zero-order valence-corrected chi connectivity index (χ0v) is 17.1. The molecule has 2 saturated carbocycles. The second kappa shape index (κ2) is 10.7. The van der Waals surface area contributed by atoms with Gasteiger partial charge in [-0.05, 0) is 44.2 Å². The Morgan fingerprint density at radius 1 is 1.16 bits per heavy atom. The largest absolute Gasteiger partial charge is 0.469 e.